The number of rotatable bonds is 5. The first-order valence-electron chi connectivity index (χ1n) is 8.23. The maximum atomic E-state index is 13.7. The standard InChI is InChI=1S/C20H16ClFN4/c21-16-4-5-18(22)15(9-16)12-25-19-6-3-13(10-24-19)8-14-11-26-20-17(14)2-1-7-23-20/h1-7,9-11H,8,12H2,(H,23,26)(H,24,25). The molecule has 130 valence electrons. The largest absolute Gasteiger partial charge is 0.366 e. The predicted octanol–water partition coefficient (Wildman–Crippen LogP) is 4.95. The Morgan fingerprint density at radius 3 is 2.85 bits per heavy atom. The van der Waals surface area contributed by atoms with Crippen LogP contribution < -0.4 is 5.32 Å². The van der Waals surface area contributed by atoms with Crippen LogP contribution in [0.3, 0.4) is 0 Å². The molecule has 0 saturated heterocycles. The Hall–Kier alpha value is -2.92. The summed E-state index contributed by atoms with van der Waals surface area (Å²) in [7, 11) is 0. The molecule has 0 aliphatic carbocycles. The SMILES string of the molecule is Fc1ccc(Cl)cc1CNc1ccc(Cc2c[nH]c3ncccc23)cn1. The van der Waals surface area contributed by atoms with Crippen LogP contribution in [0.25, 0.3) is 11.0 Å². The van der Waals surface area contributed by atoms with E-state index in [1.165, 1.54) is 17.7 Å². The molecule has 0 unspecified atom stereocenters. The summed E-state index contributed by atoms with van der Waals surface area (Å²) in [6.45, 7) is 0.326. The van der Waals surface area contributed by atoms with Crippen molar-refractivity contribution in [2.75, 3.05) is 5.32 Å². The molecule has 1 aromatic carbocycles. The minimum atomic E-state index is -0.286. The van der Waals surface area contributed by atoms with Crippen molar-refractivity contribution >= 4 is 28.5 Å². The summed E-state index contributed by atoms with van der Waals surface area (Å²) in [6.07, 6.45) is 6.34. The second kappa shape index (κ2) is 7.14. The van der Waals surface area contributed by atoms with Gasteiger partial charge in [0.1, 0.15) is 17.3 Å². The summed E-state index contributed by atoms with van der Waals surface area (Å²) in [5.41, 5.74) is 3.66. The molecule has 2 N–H and O–H groups in total. The van der Waals surface area contributed by atoms with E-state index in [0.717, 1.165) is 23.0 Å². The highest BCUT2D eigenvalue weighted by Gasteiger charge is 2.06. The van der Waals surface area contributed by atoms with Gasteiger partial charge in [0.05, 0.1) is 0 Å². The van der Waals surface area contributed by atoms with Crippen LogP contribution in [0, 0.1) is 5.82 Å². The zero-order valence-corrected chi connectivity index (χ0v) is 14.6. The Balaban J connectivity index is 1.44. The lowest BCUT2D eigenvalue weighted by molar-refractivity contribution is 0.613. The molecule has 4 aromatic rings. The fourth-order valence-electron chi connectivity index (χ4n) is 2.88. The Bertz CT molecular complexity index is 1040. The normalized spacial score (nSPS) is 11.0. The topological polar surface area (TPSA) is 53.6 Å². The number of hydrogen-bond acceptors (Lipinski definition) is 3. The number of H-pyrrole nitrogens is 1. The van der Waals surface area contributed by atoms with E-state index in [-0.39, 0.29) is 5.82 Å². The number of nitrogens with one attached hydrogen (secondary N) is 2. The van der Waals surface area contributed by atoms with Crippen molar-refractivity contribution in [1.82, 2.24) is 15.0 Å². The van der Waals surface area contributed by atoms with Gasteiger partial charge < -0.3 is 10.3 Å². The van der Waals surface area contributed by atoms with Gasteiger partial charge in [-0.2, -0.15) is 0 Å². The molecule has 26 heavy (non-hydrogen) atoms. The van der Waals surface area contributed by atoms with E-state index in [2.05, 4.69) is 26.3 Å². The Labute approximate surface area is 155 Å². The molecule has 0 saturated carbocycles. The number of hydrogen-bond donors (Lipinski definition) is 2. The minimum Gasteiger partial charge on any atom is -0.366 e. The van der Waals surface area contributed by atoms with Crippen molar-refractivity contribution in [1.29, 1.82) is 0 Å². The first-order chi connectivity index (χ1) is 12.7. The molecule has 0 bridgehead atoms. The molecule has 0 fully saturated rings. The van der Waals surface area contributed by atoms with E-state index in [9.17, 15) is 4.39 Å². The second-order valence-corrected chi connectivity index (χ2v) is 6.47. The number of nitrogens with zero attached hydrogens (tertiary/aromatic N) is 2. The zero-order chi connectivity index (χ0) is 17.9. The zero-order valence-electron chi connectivity index (χ0n) is 13.8. The highest BCUT2D eigenvalue weighted by atomic mass is 35.5. The lowest BCUT2D eigenvalue weighted by Gasteiger charge is -2.08. The van der Waals surface area contributed by atoms with E-state index in [4.69, 9.17) is 11.6 Å². The molecule has 3 heterocycles. The van der Waals surface area contributed by atoms with Crippen LogP contribution in [-0.2, 0) is 13.0 Å². The van der Waals surface area contributed by atoms with Crippen LogP contribution in [-0.4, -0.2) is 15.0 Å². The van der Waals surface area contributed by atoms with Gasteiger partial charge in [0.15, 0.2) is 0 Å². The smallest absolute Gasteiger partial charge is 0.137 e. The van der Waals surface area contributed by atoms with Gasteiger partial charge in [-0.1, -0.05) is 17.7 Å². The van der Waals surface area contributed by atoms with Crippen molar-refractivity contribution in [3.8, 4) is 0 Å². The van der Waals surface area contributed by atoms with E-state index >= 15 is 0 Å². The molecule has 4 nitrogen and oxygen atoms in total. The lowest BCUT2D eigenvalue weighted by Crippen LogP contribution is -2.03. The third kappa shape index (κ3) is 3.53. The van der Waals surface area contributed by atoms with Gasteiger partial charge in [-0.15, -0.1) is 0 Å². The Morgan fingerprint density at radius 1 is 1.08 bits per heavy atom. The van der Waals surface area contributed by atoms with E-state index in [0.29, 0.717) is 22.9 Å². The molecule has 4 rings (SSSR count). The average Bonchev–Trinajstić information content (AvgIpc) is 3.07. The monoisotopic (exact) mass is 366 g/mol. The molecule has 6 heteroatoms. The maximum absolute atomic E-state index is 13.7. The fraction of sp³-hybridized carbons (Fsp3) is 0.100. The number of benzene rings is 1. The van der Waals surface area contributed by atoms with Gasteiger partial charge in [0, 0.05) is 47.5 Å². The van der Waals surface area contributed by atoms with Crippen molar-refractivity contribution in [2.45, 2.75) is 13.0 Å². The first-order valence-corrected chi connectivity index (χ1v) is 8.60. The third-order valence-electron chi connectivity index (χ3n) is 4.22. The second-order valence-electron chi connectivity index (χ2n) is 6.03. The van der Waals surface area contributed by atoms with Crippen LogP contribution in [0.5, 0.6) is 0 Å². The highest BCUT2D eigenvalue weighted by Crippen LogP contribution is 2.20. The fourth-order valence-corrected chi connectivity index (χ4v) is 3.07. The molecule has 0 radical (unpaired) electrons. The number of pyridine rings is 2. The van der Waals surface area contributed by atoms with Crippen molar-refractivity contribution in [2.24, 2.45) is 0 Å². The van der Waals surface area contributed by atoms with Crippen LogP contribution in [0.2, 0.25) is 5.02 Å². The molecule has 0 aliphatic rings. The van der Waals surface area contributed by atoms with Gasteiger partial charge in [-0.25, -0.2) is 14.4 Å². The van der Waals surface area contributed by atoms with E-state index < -0.39 is 0 Å². The van der Waals surface area contributed by atoms with Gasteiger partial charge in [0.2, 0.25) is 0 Å². The van der Waals surface area contributed by atoms with Crippen LogP contribution in [0.1, 0.15) is 16.7 Å². The Morgan fingerprint density at radius 2 is 2.00 bits per heavy atom. The summed E-state index contributed by atoms with van der Waals surface area (Å²) in [6, 6.07) is 12.4. The molecule has 0 amide bonds. The number of halogens is 2. The highest BCUT2D eigenvalue weighted by molar-refractivity contribution is 6.30. The minimum absolute atomic E-state index is 0.286. The van der Waals surface area contributed by atoms with Crippen molar-refractivity contribution < 1.29 is 4.39 Å². The molecule has 0 atom stereocenters. The lowest BCUT2D eigenvalue weighted by atomic mass is 10.1. The van der Waals surface area contributed by atoms with Crippen molar-refractivity contribution in [3.63, 3.8) is 0 Å². The maximum Gasteiger partial charge on any atom is 0.137 e. The van der Waals surface area contributed by atoms with Crippen molar-refractivity contribution in [3.05, 3.63) is 88.6 Å². The first kappa shape index (κ1) is 16.5. The number of aromatic amines is 1. The van der Waals surface area contributed by atoms with Crippen LogP contribution >= 0.6 is 11.6 Å². The number of aromatic nitrogens is 3. The number of anilines is 1. The molecule has 3 aromatic heterocycles. The van der Waals surface area contributed by atoms with Gasteiger partial charge in [0.25, 0.3) is 0 Å². The third-order valence-corrected chi connectivity index (χ3v) is 4.46. The summed E-state index contributed by atoms with van der Waals surface area (Å²) < 4.78 is 13.7. The summed E-state index contributed by atoms with van der Waals surface area (Å²) in [5, 5.41) is 4.75. The number of fused-ring (bicyclic) bond motifs is 1. The molecular formula is C20H16ClFN4. The quantitative estimate of drug-likeness (QED) is 0.525. The predicted molar refractivity (Wildman–Crippen MR) is 102 cm³/mol. The van der Waals surface area contributed by atoms with E-state index in [1.54, 1.807) is 12.3 Å². The Kier molecular flexibility index (Phi) is 4.54. The van der Waals surface area contributed by atoms with Gasteiger partial charge in [-0.3, -0.25) is 0 Å². The molecular weight excluding hydrogens is 351 g/mol. The summed E-state index contributed by atoms with van der Waals surface area (Å²) in [5.74, 6) is 0.403. The molecule has 0 spiro atoms. The average molecular weight is 367 g/mol. The van der Waals surface area contributed by atoms with Gasteiger partial charge >= 0.3 is 0 Å². The molecule has 0 aliphatic heterocycles. The van der Waals surface area contributed by atoms with Gasteiger partial charge in [-0.05, 0) is 47.5 Å². The van der Waals surface area contributed by atoms with Crippen LogP contribution in [0.4, 0.5) is 10.2 Å². The summed E-state index contributed by atoms with van der Waals surface area (Å²) in [4.78, 5) is 11.9. The summed E-state index contributed by atoms with van der Waals surface area (Å²) >= 11 is 5.91. The van der Waals surface area contributed by atoms with E-state index in [1.807, 2.05) is 30.6 Å². The van der Waals surface area contributed by atoms with Crippen LogP contribution in [0.15, 0.2) is 61.1 Å².